The Labute approximate surface area is 114 Å². The Hall–Kier alpha value is -1.39. The van der Waals surface area contributed by atoms with Crippen LogP contribution in [0.15, 0.2) is 18.2 Å². The van der Waals surface area contributed by atoms with Crippen LogP contribution in [-0.4, -0.2) is 32.1 Å². The van der Waals surface area contributed by atoms with Crippen molar-refractivity contribution in [2.24, 2.45) is 5.92 Å². The van der Waals surface area contributed by atoms with E-state index in [4.69, 9.17) is 0 Å². The summed E-state index contributed by atoms with van der Waals surface area (Å²) in [4.78, 5) is 11.3. The molecule has 1 saturated heterocycles. The molecular formula is C15H21N3O. The predicted octanol–water partition coefficient (Wildman–Crippen LogP) is 0.923. The molecule has 0 spiro atoms. The molecule has 4 heteroatoms. The molecule has 1 aromatic carbocycles. The molecule has 2 aliphatic rings. The van der Waals surface area contributed by atoms with Gasteiger partial charge < -0.3 is 16.0 Å². The van der Waals surface area contributed by atoms with Crippen LogP contribution >= 0.6 is 0 Å². The number of carbonyl (C=O) groups excluding carboxylic acids is 1. The molecule has 0 saturated carbocycles. The average Bonchev–Trinajstić information content (AvgIpc) is 3.02. The highest BCUT2D eigenvalue weighted by Crippen LogP contribution is 2.23. The average molecular weight is 259 g/mol. The number of nitrogens with one attached hydrogen (secondary N) is 3. The first-order valence-electron chi connectivity index (χ1n) is 7.14. The number of carbonyl (C=O) groups is 1. The van der Waals surface area contributed by atoms with Gasteiger partial charge in [0.15, 0.2) is 0 Å². The summed E-state index contributed by atoms with van der Waals surface area (Å²) in [6.45, 7) is 4.44. The van der Waals surface area contributed by atoms with E-state index in [0.717, 1.165) is 49.8 Å². The highest BCUT2D eigenvalue weighted by Gasteiger charge is 2.17. The molecular weight excluding hydrogens is 238 g/mol. The van der Waals surface area contributed by atoms with E-state index in [0.29, 0.717) is 6.42 Å². The van der Waals surface area contributed by atoms with E-state index in [9.17, 15) is 4.79 Å². The van der Waals surface area contributed by atoms with E-state index in [1.54, 1.807) is 0 Å². The Balaban J connectivity index is 1.45. The van der Waals surface area contributed by atoms with Crippen molar-refractivity contribution < 1.29 is 4.79 Å². The Morgan fingerprint density at radius 3 is 3.16 bits per heavy atom. The normalized spacial score (nSPS) is 21.5. The van der Waals surface area contributed by atoms with Crippen LogP contribution in [-0.2, 0) is 17.6 Å². The lowest BCUT2D eigenvalue weighted by Gasteiger charge is -2.10. The van der Waals surface area contributed by atoms with E-state index < -0.39 is 0 Å². The Kier molecular flexibility index (Phi) is 3.80. The summed E-state index contributed by atoms with van der Waals surface area (Å²) < 4.78 is 0. The maximum Gasteiger partial charge on any atom is 0.228 e. The minimum Gasteiger partial charge on any atom is -0.326 e. The summed E-state index contributed by atoms with van der Waals surface area (Å²) in [5, 5.41) is 9.78. The zero-order chi connectivity index (χ0) is 13.1. The largest absolute Gasteiger partial charge is 0.326 e. The number of hydrogen-bond donors (Lipinski definition) is 3. The molecule has 0 radical (unpaired) electrons. The summed E-state index contributed by atoms with van der Waals surface area (Å²) in [7, 11) is 0. The third-order valence-corrected chi connectivity index (χ3v) is 3.98. The van der Waals surface area contributed by atoms with Gasteiger partial charge in [0.25, 0.3) is 0 Å². The summed E-state index contributed by atoms with van der Waals surface area (Å²) in [5.74, 6) is 0.904. The van der Waals surface area contributed by atoms with Crippen LogP contribution in [0.2, 0.25) is 0 Å². The van der Waals surface area contributed by atoms with E-state index in [-0.39, 0.29) is 5.91 Å². The lowest BCUT2D eigenvalue weighted by molar-refractivity contribution is -0.115. The molecule has 4 nitrogen and oxygen atoms in total. The van der Waals surface area contributed by atoms with Crippen molar-refractivity contribution in [1.82, 2.24) is 10.6 Å². The van der Waals surface area contributed by atoms with Crippen molar-refractivity contribution in [1.29, 1.82) is 0 Å². The fourth-order valence-electron chi connectivity index (χ4n) is 2.87. The summed E-state index contributed by atoms with van der Waals surface area (Å²) in [6, 6.07) is 6.30. The molecule has 1 fully saturated rings. The van der Waals surface area contributed by atoms with Crippen molar-refractivity contribution in [3.63, 3.8) is 0 Å². The first-order valence-corrected chi connectivity index (χ1v) is 7.14. The molecule has 0 aromatic heterocycles. The topological polar surface area (TPSA) is 53.2 Å². The van der Waals surface area contributed by atoms with Crippen LogP contribution in [0.25, 0.3) is 0 Å². The van der Waals surface area contributed by atoms with Crippen LogP contribution in [0.3, 0.4) is 0 Å². The van der Waals surface area contributed by atoms with Gasteiger partial charge in [-0.1, -0.05) is 12.1 Å². The zero-order valence-electron chi connectivity index (χ0n) is 11.2. The predicted molar refractivity (Wildman–Crippen MR) is 76.3 cm³/mol. The second-order valence-corrected chi connectivity index (χ2v) is 5.53. The monoisotopic (exact) mass is 259 g/mol. The highest BCUT2D eigenvalue weighted by molar-refractivity contribution is 5.99. The van der Waals surface area contributed by atoms with Crippen molar-refractivity contribution in [3.05, 3.63) is 29.3 Å². The molecule has 0 bridgehead atoms. The number of amides is 1. The minimum atomic E-state index is 0.110. The Bertz CT molecular complexity index is 466. The molecule has 1 atom stereocenters. The second kappa shape index (κ2) is 5.72. The summed E-state index contributed by atoms with van der Waals surface area (Å²) in [6.07, 6.45) is 2.85. The molecule has 1 amide bonds. The van der Waals surface area contributed by atoms with E-state index >= 15 is 0 Å². The molecule has 2 heterocycles. The Morgan fingerprint density at radius 1 is 1.37 bits per heavy atom. The SMILES string of the molecule is O=C1Cc2cc(CCNCC3CCNC3)ccc2N1. The maximum atomic E-state index is 11.3. The number of rotatable bonds is 5. The van der Waals surface area contributed by atoms with Gasteiger partial charge >= 0.3 is 0 Å². The van der Waals surface area contributed by atoms with Gasteiger partial charge in [-0.3, -0.25) is 4.79 Å². The van der Waals surface area contributed by atoms with Crippen LogP contribution in [0.5, 0.6) is 0 Å². The van der Waals surface area contributed by atoms with Gasteiger partial charge in [-0.05, 0) is 62.1 Å². The van der Waals surface area contributed by atoms with Gasteiger partial charge in [0.05, 0.1) is 6.42 Å². The molecule has 0 aliphatic carbocycles. The molecule has 2 aliphatic heterocycles. The summed E-state index contributed by atoms with van der Waals surface area (Å²) in [5.41, 5.74) is 3.44. The summed E-state index contributed by atoms with van der Waals surface area (Å²) >= 11 is 0. The molecule has 1 aromatic rings. The third-order valence-electron chi connectivity index (χ3n) is 3.98. The van der Waals surface area contributed by atoms with Crippen molar-refractivity contribution in [2.45, 2.75) is 19.3 Å². The van der Waals surface area contributed by atoms with Gasteiger partial charge in [0.1, 0.15) is 0 Å². The van der Waals surface area contributed by atoms with Crippen molar-refractivity contribution in [2.75, 3.05) is 31.5 Å². The van der Waals surface area contributed by atoms with Gasteiger partial charge in [-0.15, -0.1) is 0 Å². The molecule has 3 N–H and O–H groups in total. The first-order chi connectivity index (χ1) is 9.31. The van der Waals surface area contributed by atoms with Gasteiger partial charge in [0.2, 0.25) is 5.91 Å². The van der Waals surface area contributed by atoms with E-state index in [2.05, 4.69) is 28.1 Å². The first kappa shape index (κ1) is 12.6. The fourth-order valence-corrected chi connectivity index (χ4v) is 2.87. The van der Waals surface area contributed by atoms with Crippen molar-refractivity contribution in [3.8, 4) is 0 Å². The van der Waals surface area contributed by atoms with Gasteiger partial charge in [0, 0.05) is 5.69 Å². The standard InChI is InChI=1S/C15H21N3O/c19-15-8-13-7-11(1-2-14(13)18-15)3-5-16-9-12-4-6-17-10-12/h1-2,7,12,16-17H,3-6,8-10H2,(H,18,19). The van der Waals surface area contributed by atoms with Gasteiger partial charge in [-0.25, -0.2) is 0 Å². The third kappa shape index (κ3) is 3.14. The number of anilines is 1. The second-order valence-electron chi connectivity index (χ2n) is 5.53. The maximum absolute atomic E-state index is 11.3. The van der Waals surface area contributed by atoms with E-state index in [1.165, 1.54) is 12.0 Å². The quantitative estimate of drug-likeness (QED) is 0.689. The van der Waals surface area contributed by atoms with Gasteiger partial charge in [-0.2, -0.15) is 0 Å². The Morgan fingerprint density at radius 2 is 2.32 bits per heavy atom. The van der Waals surface area contributed by atoms with Crippen LogP contribution in [0, 0.1) is 5.92 Å². The lowest BCUT2D eigenvalue weighted by atomic mass is 10.1. The van der Waals surface area contributed by atoms with Crippen LogP contribution in [0.4, 0.5) is 5.69 Å². The minimum absolute atomic E-state index is 0.110. The van der Waals surface area contributed by atoms with Crippen LogP contribution < -0.4 is 16.0 Å². The molecule has 19 heavy (non-hydrogen) atoms. The molecule has 102 valence electrons. The number of hydrogen-bond acceptors (Lipinski definition) is 3. The molecule has 3 rings (SSSR count). The highest BCUT2D eigenvalue weighted by atomic mass is 16.1. The molecule has 1 unspecified atom stereocenters. The van der Waals surface area contributed by atoms with Crippen LogP contribution in [0.1, 0.15) is 17.5 Å². The smallest absolute Gasteiger partial charge is 0.228 e. The zero-order valence-corrected chi connectivity index (χ0v) is 11.2. The van der Waals surface area contributed by atoms with Crippen molar-refractivity contribution >= 4 is 11.6 Å². The number of benzene rings is 1. The number of fused-ring (bicyclic) bond motifs is 1. The fraction of sp³-hybridized carbons (Fsp3) is 0.533. The van der Waals surface area contributed by atoms with E-state index in [1.807, 2.05) is 6.07 Å². The lowest BCUT2D eigenvalue weighted by Crippen LogP contribution is -2.26.